The highest BCUT2D eigenvalue weighted by Gasteiger charge is 2.27. The molecule has 1 aromatic heterocycles. The van der Waals surface area contributed by atoms with Gasteiger partial charge in [0.1, 0.15) is 10.7 Å². The van der Waals surface area contributed by atoms with E-state index in [-0.39, 0.29) is 15.6 Å². The van der Waals surface area contributed by atoms with E-state index in [2.05, 4.69) is 4.98 Å². The third-order valence-corrected chi connectivity index (χ3v) is 6.48. The molecule has 1 heterocycles. The van der Waals surface area contributed by atoms with E-state index in [4.69, 9.17) is 0 Å². The Balaban J connectivity index is 1.97. The summed E-state index contributed by atoms with van der Waals surface area (Å²) >= 11 is 2.28. The molecule has 3 rings (SSSR count). The second kappa shape index (κ2) is 7.14. The van der Waals surface area contributed by atoms with Gasteiger partial charge in [-0.25, -0.2) is 17.8 Å². The van der Waals surface area contributed by atoms with Crippen molar-refractivity contribution in [3.05, 3.63) is 63.8 Å². The number of hydrogen-bond acceptors (Lipinski definition) is 7. The first-order chi connectivity index (χ1) is 12.3. The Morgan fingerprint density at radius 2 is 1.88 bits per heavy atom. The molecule has 0 unspecified atom stereocenters. The summed E-state index contributed by atoms with van der Waals surface area (Å²) in [6, 6.07) is 9.97. The van der Waals surface area contributed by atoms with Gasteiger partial charge in [0.25, 0.3) is 0 Å². The van der Waals surface area contributed by atoms with E-state index in [1.165, 1.54) is 41.7 Å². The molecular weight excluding hydrogens is 399 g/mol. The standard InChI is InChI=1S/C16H11FN2O4S3/c1-26(22,23)14-4-2-3-13(15(14)19(20)21)25-16-18-12(9-24-16)10-5-7-11(17)8-6-10/h2-9H,1H3. The van der Waals surface area contributed by atoms with Crippen molar-refractivity contribution in [2.75, 3.05) is 6.26 Å². The molecule has 26 heavy (non-hydrogen) atoms. The fourth-order valence-electron chi connectivity index (χ4n) is 2.22. The summed E-state index contributed by atoms with van der Waals surface area (Å²) in [6.45, 7) is 0. The summed E-state index contributed by atoms with van der Waals surface area (Å²) in [5.74, 6) is -0.355. The number of halogens is 1. The van der Waals surface area contributed by atoms with Gasteiger partial charge in [0, 0.05) is 17.2 Å². The average Bonchev–Trinajstić information content (AvgIpc) is 3.03. The van der Waals surface area contributed by atoms with Gasteiger partial charge in [0.15, 0.2) is 14.2 Å². The van der Waals surface area contributed by atoms with Crippen LogP contribution in [0.3, 0.4) is 0 Å². The number of benzene rings is 2. The van der Waals surface area contributed by atoms with Crippen LogP contribution in [0.1, 0.15) is 0 Å². The SMILES string of the molecule is CS(=O)(=O)c1cccc(Sc2nc(-c3ccc(F)cc3)cs2)c1[N+](=O)[O-]. The van der Waals surface area contributed by atoms with E-state index in [1.54, 1.807) is 17.5 Å². The summed E-state index contributed by atoms with van der Waals surface area (Å²) in [5.41, 5.74) is 0.867. The van der Waals surface area contributed by atoms with Crippen molar-refractivity contribution >= 4 is 38.6 Å². The van der Waals surface area contributed by atoms with Gasteiger partial charge in [-0.1, -0.05) is 17.8 Å². The second-order valence-corrected chi connectivity index (χ2v) is 9.37. The molecule has 0 radical (unpaired) electrons. The fourth-order valence-corrected chi connectivity index (χ4v) is 5.06. The minimum absolute atomic E-state index is 0.193. The molecule has 134 valence electrons. The van der Waals surface area contributed by atoms with Crippen LogP contribution in [0.15, 0.2) is 62.0 Å². The molecule has 0 aliphatic rings. The van der Waals surface area contributed by atoms with Crippen LogP contribution in [0.5, 0.6) is 0 Å². The summed E-state index contributed by atoms with van der Waals surface area (Å²) < 4.78 is 37.2. The lowest BCUT2D eigenvalue weighted by atomic mass is 10.2. The molecule has 10 heteroatoms. The predicted molar refractivity (Wildman–Crippen MR) is 97.8 cm³/mol. The van der Waals surface area contributed by atoms with E-state index >= 15 is 0 Å². The molecule has 3 aromatic rings. The maximum Gasteiger partial charge on any atom is 0.301 e. The molecule has 0 spiro atoms. The lowest BCUT2D eigenvalue weighted by molar-refractivity contribution is -0.390. The molecule has 0 saturated heterocycles. The monoisotopic (exact) mass is 410 g/mol. The quantitative estimate of drug-likeness (QED) is 0.457. The van der Waals surface area contributed by atoms with Crippen LogP contribution in [0, 0.1) is 15.9 Å². The smallest absolute Gasteiger partial charge is 0.258 e. The number of hydrogen-bond donors (Lipinski definition) is 0. The first-order valence-electron chi connectivity index (χ1n) is 7.12. The third kappa shape index (κ3) is 3.92. The number of nitrogens with zero attached hydrogens (tertiary/aromatic N) is 2. The van der Waals surface area contributed by atoms with Crippen LogP contribution in [-0.4, -0.2) is 24.6 Å². The Hall–Kier alpha value is -2.30. The fraction of sp³-hybridized carbons (Fsp3) is 0.0625. The van der Waals surface area contributed by atoms with Crippen LogP contribution in [-0.2, 0) is 9.84 Å². The molecule has 0 saturated carbocycles. The van der Waals surface area contributed by atoms with Gasteiger partial charge < -0.3 is 0 Å². The van der Waals surface area contributed by atoms with Crippen molar-refractivity contribution in [2.45, 2.75) is 14.1 Å². The van der Waals surface area contributed by atoms with Crippen molar-refractivity contribution in [2.24, 2.45) is 0 Å². The minimum atomic E-state index is -3.74. The summed E-state index contributed by atoms with van der Waals surface area (Å²) in [7, 11) is -3.74. The Morgan fingerprint density at radius 1 is 1.19 bits per heavy atom. The zero-order chi connectivity index (χ0) is 18.9. The van der Waals surface area contributed by atoms with Crippen molar-refractivity contribution in [3.8, 4) is 11.3 Å². The van der Waals surface area contributed by atoms with Crippen molar-refractivity contribution < 1.29 is 17.7 Å². The van der Waals surface area contributed by atoms with E-state index < -0.39 is 20.4 Å². The lowest BCUT2D eigenvalue weighted by Gasteiger charge is -2.05. The molecule has 0 aliphatic carbocycles. The second-order valence-electron chi connectivity index (χ2n) is 5.24. The number of nitro groups is 1. The Kier molecular flexibility index (Phi) is 5.08. The normalized spacial score (nSPS) is 11.5. The zero-order valence-corrected chi connectivity index (χ0v) is 15.7. The zero-order valence-electron chi connectivity index (χ0n) is 13.2. The van der Waals surface area contributed by atoms with E-state index in [1.807, 2.05) is 0 Å². The topological polar surface area (TPSA) is 90.2 Å². The van der Waals surface area contributed by atoms with Crippen LogP contribution in [0.25, 0.3) is 11.3 Å². The van der Waals surface area contributed by atoms with Gasteiger partial charge in [-0.3, -0.25) is 10.1 Å². The van der Waals surface area contributed by atoms with Crippen molar-refractivity contribution in [1.29, 1.82) is 0 Å². The van der Waals surface area contributed by atoms with Gasteiger partial charge >= 0.3 is 5.69 Å². The minimum Gasteiger partial charge on any atom is -0.258 e. The van der Waals surface area contributed by atoms with Gasteiger partial charge in [0.05, 0.1) is 15.5 Å². The Morgan fingerprint density at radius 3 is 2.50 bits per heavy atom. The predicted octanol–water partition coefficient (Wildman–Crippen LogP) is 4.41. The van der Waals surface area contributed by atoms with Crippen LogP contribution < -0.4 is 0 Å². The molecule has 0 fully saturated rings. The molecule has 6 nitrogen and oxygen atoms in total. The molecule has 0 bridgehead atoms. The number of sulfone groups is 1. The van der Waals surface area contributed by atoms with Gasteiger partial charge in [-0.2, -0.15) is 0 Å². The van der Waals surface area contributed by atoms with Crippen LogP contribution >= 0.6 is 23.1 Å². The van der Waals surface area contributed by atoms with Crippen LogP contribution in [0.2, 0.25) is 0 Å². The molecule has 0 N–H and O–H groups in total. The summed E-state index contributed by atoms with van der Waals surface area (Å²) in [4.78, 5) is 15.0. The van der Waals surface area contributed by atoms with Gasteiger partial charge in [0.2, 0.25) is 0 Å². The highest BCUT2D eigenvalue weighted by atomic mass is 32.2. The molecule has 0 aliphatic heterocycles. The highest BCUT2D eigenvalue weighted by Crippen LogP contribution is 2.40. The van der Waals surface area contributed by atoms with Gasteiger partial charge in [-0.05, 0) is 36.4 Å². The van der Waals surface area contributed by atoms with Crippen molar-refractivity contribution in [1.82, 2.24) is 4.98 Å². The number of para-hydroxylation sites is 1. The Labute approximate surface area is 156 Å². The van der Waals surface area contributed by atoms with E-state index in [0.29, 0.717) is 15.6 Å². The van der Waals surface area contributed by atoms with E-state index in [9.17, 15) is 22.9 Å². The maximum absolute atomic E-state index is 13.0. The molecule has 2 aromatic carbocycles. The maximum atomic E-state index is 13.0. The molecule has 0 atom stereocenters. The number of nitro benzene ring substituents is 1. The Bertz CT molecular complexity index is 1080. The summed E-state index contributed by atoms with van der Waals surface area (Å²) in [6.07, 6.45) is 0.930. The summed E-state index contributed by atoms with van der Waals surface area (Å²) in [5, 5.41) is 13.2. The molecular formula is C16H11FN2O4S3. The number of thiazole rings is 1. The van der Waals surface area contributed by atoms with Crippen LogP contribution in [0.4, 0.5) is 10.1 Å². The third-order valence-electron chi connectivity index (χ3n) is 3.36. The first-order valence-corrected chi connectivity index (χ1v) is 10.7. The number of rotatable bonds is 5. The lowest BCUT2D eigenvalue weighted by Crippen LogP contribution is -2.03. The number of aromatic nitrogens is 1. The molecule has 0 amide bonds. The van der Waals surface area contributed by atoms with E-state index in [0.717, 1.165) is 18.0 Å². The first kappa shape index (κ1) is 18.5. The van der Waals surface area contributed by atoms with Gasteiger partial charge in [-0.15, -0.1) is 11.3 Å². The largest absolute Gasteiger partial charge is 0.301 e. The van der Waals surface area contributed by atoms with Crippen molar-refractivity contribution in [3.63, 3.8) is 0 Å². The average molecular weight is 410 g/mol. The highest BCUT2D eigenvalue weighted by molar-refractivity contribution is 8.01.